The van der Waals surface area contributed by atoms with Gasteiger partial charge >= 0.3 is 0 Å². The Balaban J connectivity index is 1.91. The minimum atomic E-state index is -0.772. The number of carbonyl (C=O) groups excluding carboxylic acids is 1. The quantitative estimate of drug-likeness (QED) is 0.700. The van der Waals surface area contributed by atoms with Gasteiger partial charge in [0.2, 0.25) is 5.91 Å². The molecule has 1 aliphatic carbocycles. The van der Waals surface area contributed by atoms with E-state index in [4.69, 9.17) is 10.5 Å². The summed E-state index contributed by atoms with van der Waals surface area (Å²) in [6.45, 7) is 6.46. The van der Waals surface area contributed by atoms with Crippen LogP contribution < -0.4 is 11.1 Å². The summed E-state index contributed by atoms with van der Waals surface area (Å²) in [5.74, 6) is 0.166. The summed E-state index contributed by atoms with van der Waals surface area (Å²) < 4.78 is 5.70. The lowest BCUT2D eigenvalue weighted by Gasteiger charge is -2.60. The fraction of sp³-hybridized carbons (Fsp3) is 0.929. The molecule has 3 atom stereocenters. The predicted octanol–water partition coefficient (Wildman–Crippen LogP) is 0.197. The van der Waals surface area contributed by atoms with Crippen LogP contribution in [0.25, 0.3) is 0 Å². The maximum Gasteiger partial charge on any atom is 0.241 e. The number of ether oxygens (including phenoxy) is 1. The van der Waals surface area contributed by atoms with Crippen molar-refractivity contribution in [2.75, 3.05) is 33.8 Å². The Morgan fingerprint density at radius 3 is 2.79 bits per heavy atom. The largest absolute Gasteiger partial charge is 0.377 e. The second kappa shape index (κ2) is 5.04. The van der Waals surface area contributed by atoms with E-state index >= 15 is 0 Å². The summed E-state index contributed by atoms with van der Waals surface area (Å²) in [5, 5.41) is 3.00. The van der Waals surface area contributed by atoms with Crippen LogP contribution >= 0.6 is 0 Å². The van der Waals surface area contributed by atoms with Gasteiger partial charge in [-0.1, -0.05) is 13.8 Å². The fourth-order valence-electron chi connectivity index (χ4n) is 3.59. The van der Waals surface area contributed by atoms with Crippen molar-refractivity contribution in [1.29, 1.82) is 0 Å². The molecule has 2 aliphatic rings. The second-order valence-electron chi connectivity index (χ2n) is 6.69. The lowest BCUT2D eigenvalue weighted by Crippen LogP contribution is -2.80. The van der Waals surface area contributed by atoms with E-state index in [2.05, 4.69) is 10.2 Å². The van der Waals surface area contributed by atoms with Crippen molar-refractivity contribution in [2.24, 2.45) is 17.1 Å². The standard InChI is InChI=1S/C14H27N3O2/c1-13(2)11-10(6-9-19-11)14(13,15)12(18)16-7-5-8-17(3)4/h10-11H,5-9,15H2,1-4H3,(H,16,18). The second-order valence-corrected chi connectivity index (χ2v) is 6.69. The average Bonchev–Trinajstić information content (AvgIpc) is 2.80. The molecule has 2 fully saturated rings. The molecule has 0 aromatic heterocycles. The number of fused-ring (bicyclic) bond motifs is 1. The Morgan fingerprint density at radius 1 is 1.47 bits per heavy atom. The van der Waals surface area contributed by atoms with Crippen LogP contribution in [-0.4, -0.2) is 56.2 Å². The topological polar surface area (TPSA) is 67.6 Å². The van der Waals surface area contributed by atoms with Crippen molar-refractivity contribution in [1.82, 2.24) is 10.2 Å². The molecular formula is C14H27N3O2. The minimum absolute atomic E-state index is 0.0111. The van der Waals surface area contributed by atoms with E-state index in [1.54, 1.807) is 0 Å². The van der Waals surface area contributed by atoms with Crippen molar-refractivity contribution >= 4 is 5.91 Å². The van der Waals surface area contributed by atoms with Crippen LogP contribution in [0.4, 0.5) is 0 Å². The van der Waals surface area contributed by atoms with Crippen LogP contribution in [0.1, 0.15) is 26.7 Å². The van der Waals surface area contributed by atoms with E-state index in [1.165, 1.54) is 0 Å². The van der Waals surface area contributed by atoms with E-state index in [9.17, 15) is 4.79 Å². The Bertz CT molecular complexity index is 357. The molecule has 0 radical (unpaired) electrons. The molecule has 5 nitrogen and oxygen atoms in total. The van der Waals surface area contributed by atoms with Crippen molar-refractivity contribution in [2.45, 2.75) is 38.3 Å². The minimum Gasteiger partial charge on any atom is -0.377 e. The number of nitrogens with two attached hydrogens (primary N) is 1. The number of rotatable bonds is 5. The van der Waals surface area contributed by atoms with Gasteiger partial charge < -0.3 is 20.7 Å². The zero-order valence-electron chi connectivity index (χ0n) is 12.5. The van der Waals surface area contributed by atoms with Gasteiger partial charge in [-0.15, -0.1) is 0 Å². The Labute approximate surface area is 115 Å². The molecule has 1 amide bonds. The van der Waals surface area contributed by atoms with Crippen LogP contribution in [0.5, 0.6) is 0 Å². The number of hydrogen-bond donors (Lipinski definition) is 2. The smallest absolute Gasteiger partial charge is 0.241 e. The summed E-state index contributed by atoms with van der Waals surface area (Å²) in [7, 11) is 4.06. The third-order valence-corrected chi connectivity index (χ3v) is 4.90. The van der Waals surface area contributed by atoms with Crippen LogP contribution in [0.3, 0.4) is 0 Å². The molecule has 0 spiro atoms. The SMILES string of the molecule is CN(C)CCCNC(=O)C1(N)C2CCOC2C1(C)C. The molecule has 1 aliphatic heterocycles. The molecule has 19 heavy (non-hydrogen) atoms. The Hall–Kier alpha value is -0.650. The number of nitrogens with zero attached hydrogens (tertiary/aromatic N) is 1. The maximum absolute atomic E-state index is 12.4. The molecule has 2 rings (SSSR count). The number of carbonyl (C=O) groups is 1. The van der Waals surface area contributed by atoms with Crippen molar-refractivity contribution in [3.05, 3.63) is 0 Å². The first-order valence-electron chi connectivity index (χ1n) is 7.15. The van der Waals surface area contributed by atoms with Gasteiger partial charge in [-0.3, -0.25) is 4.79 Å². The zero-order chi connectivity index (χ0) is 14.3. The molecular weight excluding hydrogens is 242 g/mol. The van der Waals surface area contributed by atoms with E-state index in [0.29, 0.717) is 6.54 Å². The summed E-state index contributed by atoms with van der Waals surface area (Å²) in [6.07, 6.45) is 1.99. The summed E-state index contributed by atoms with van der Waals surface area (Å²) in [5.41, 5.74) is 5.40. The highest BCUT2D eigenvalue weighted by atomic mass is 16.5. The summed E-state index contributed by atoms with van der Waals surface area (Å²) in [6, 6.07) is 0. The highest BCUT2D eigenvalue weighted by molar-refractivity contribution is 5.89. The van der Waals surface area contributed by atoms with Gasteiger partial charge in [-0.05, 0) is 33.5 Å². The zero-order valence-corrected chi connectivity index (χ0v) is 12.5. The van der Waals surface area contributed by atoms with E-state index in [-0.39, 0.29) is 23.3 Å². The van der Waals surface area contributed by atoms with Crippen LogP contribution in [0.15, 0.2) is 0 Å². The van der Waals surface area contributed by atoms with E-state index in [1.807, 2.05) is 27.9 Å². The molecule has 1 heterocycles. The van der Waals surface area contributed by atoms with Gasteiger partial charge in [-0.25, -0.2) is 0 Å². The third-order valence-electron chi connectivity index (χ3n) is 4.90. The first-order chi connectivity index (χ1) is 8.81. The van der Waals surface area contributed by atoms with Gasteiger partial charge in [0.25, 0.3) is 0 Å². The number of hydrogen-bond acceptors (Lipinski definition) is 4. The highest BCUT2D eigenvalue weighted by Crippen LogP contribution is 2.58. The number of amides is 1. The van der Waals surface area contributed by atoms with Gasteiger partial charge in [0, 0.05) is 24.5 Å². The van der Waals surface area contributed by atoms with E-state index < -0.39 is 5.54 Å². The number of nitrogens with one attached hydrogen (secondary N) is 1. The fourth-order valence-corrected chi connectivity index (χ4v) is 3.59. The van der Waals surface area contributed by atoms with Crippen molar-refractivity contribution < 1.29 is 9.53 Å². The van der Waals surface area contributed by atoms with Crippen molar-refractivity contribution in [3.8, 4) is 0 Å². The van der Waals surface area contributed by atoms with Gasteiger partial charge in [-0.2, -0.15) is 0 Å². The van der Waals surface area contributed by atoms with Crippen LogP contribution in [0.2, 0.25) is 0 Å². The molecule has 3 unspecified atom stereocenters. The summed E-state index contributed by atoms with van der Waals surface area (Å²) >= 11 is 0. The highest BCUT2D eigenvalue weighted by Gasteiger charge is 2.71. The normalized spacial score (nSPS) is 35.9. The molecule has 5 heteroatoms. The molecule has 0 aromatic carbocycles. The molecule has 3 N–H and O–H groups in total. The van der Waals surface area contributed by atoms with Crippen LogP contribution in [-0.2, 0) is 9.53 Å². The predicted molar refractivity (Wildman–Crippen MR) is 74.7 cm³/mol. The Morgan fingerprint density at radius 2 is 2.16 bits per heavy atom. The monoisotopic (exact) mass is 269 g/mol. The molecule has 1 saturated carbocycles. The summed E-state index contributed by atoms with van der Waals surface area (Å²) in [4.78, 5) is 14.6. The molecule has 0 bridgehead atoms. The first kappa shape index (κ1) is 14.8. The lowest BCUT2D eigenvalue weighted by atomic mass is 9.48. The maximum atomic E-state index is 12.4. The van der Waals surface area contributed by atoms with Gasteiger partial charge in [0.1, 0.15) is 5.54 Å². The molecule has 1 saturated heterocycles. The van der Waals surface area contributed by atoms with Gasteiger partial charge in [0.15, 0.2) is 0 Å². The third kappa shape index (κ3) is 2.18. The molecule has 110 valence electrons. The lowest BCUT2D eigenvalue weighted by molar-refractivity contribution is -0.175. The average molecular weight is 269 g/mol. The van der Waals surface area contributed by atoms with Crippen LogP contribution in [0, 0.1) is 11.3 Å². The van der Waals surface area contributed by atoms with E-state index in [0.717, 1.165) is 26.0 Å². The van der Waals surface area contributed by atoms with Crippen molar-refractivity contribution in [3.63, 3.8) is 0 Å². The molecule has 0 aromatic rings. The van der Waals surface area contributed by atoms with Gasteiger partial charge in [0.05, 0.1) is 6.10 Å². The first-order valence-corrected chi connectivity index (χ1v) is 7.15. The Kier molecular flexibility index (Phi) is 3.91.